The number of hydrogen-bond donors (Lipinski definition) is 2. The Morgan fingerprint density at radius 2 is 1.64 bits per heavy atom. The standard InChI is InChI=1S/C14H16N4O3S/c1-9-6-4-5-7-12(9)22(20,21)18-14(19)17-13-15-10(2)8-11(3)16-13/h4-8H,1-3H3,(H2,15,16,17,18,19). The Kier molecular flexibility index (Phi) is 4.41. The predicted octanol–water partition coefficient (Wildman–Crippen LogP) is 1.91. The van der Waals surface area contributed by atoms with Crippen LogP contribution in [-0.4, -0.2) is 24.4 Å². The maximum atomic E-state index is 12.2. The van der Waals surface area contributed by atoms with Crippen LogP contribution in [0.25, 0.3) is 0 Å². The fraction of sp³-hybridized carbons (Fsp3) is 0.214. The van der Waals surface area contributed by atoms with Crippen LogP contribution in [0.15, 0.2) is 35.2 Å². The smallest absolute Gasteiger partial charge is 0.275 e. The highest BCUT2D eigenvalue weighted by atomic mass is 32.2. The number of aryl methyl sites for hydroxylation is 3. The van der Waals surface area contributed by atoms with Crippen LogP contribution < -0.4 is 10.0 Å². The van der Waals surface area contributed by atoms with Crippen LogP contribution in [0.1, 0.15) is 17.0 Å². The Hall–Kier alpha value is -2.48. The number of amides is 2. The van der Waals surface area contributed by atoms with Crippen molar-refractivity contribution in [3.8, 4) is 0 Å². The van der Waals surface area contributed by atoms with Gasteiger partial charge in [-0.15, -0.1) is 0 Å². The van der Waals surface area contributed by atoms with Gasteiger partial charge in [-0.2, -0.15) is 0 Å². The summed E-state index contributed by atoms with van der Waals surface area (Å²) in [6.07, 6.45) is 0. The molecule has 2 amide bonds. The number of nitrogens with zero attached hydrogens (tertiary/aromatic N) is 2. The first kappa shape index (κ1) is 15.9. The Morgan fingerprint density at radius 3 is 2.23 bits per heavy atom. The van der Waals surface area contributed by atoms with Gasteiger partial charge in [0, 0.05) is 11.4 Å². The SMILES string of the molecule is Cc1cc(C)nc(NC(=O)NS(=O)(=O)c2ccccc2C)n1. The molecule has 0 saturated carbocycles. The molecule has 0 spiro atoms. The molecule has 2 rings (SSSR count). The first-order valence-corrected chi connectivity index (χ1v) is 7.98. The molecular weight excluding hydrogens is 304 g/mol. The van der Waals surface area contributed by atoms with Crippen molar-refractivity contribution in [2.24, 2.45) is 0 Å². The van der Waals surface area contributed by atoms with Gasteiger partial charge in [0.05, 0.1) is 4.90 Å². The number of aromatic nitrogens is 2. The summed E-state index contributed by atoms with van der Waals surface area (Å²) in [5.74, 6) is 0.0509. The fourth-order valence-electron chi connectivity index (χ4n) is 1.94. The fourth-order valence-corrected chi connectivity index (χ4v) is 3.10. The summed E-state index contributed by atoms with van der Waals surface area (Å²) in [7, 11) is -3.95. The zero-order chi connectivity index (χ0) is 16.3. The van der Waals surface area contributed by atoms with Crippen LogP contribution in [-0.2, 0) is 10.0 Å². The third-order valence-corrected chi connectivity index (χ3v) is 4.31. The summed E-state index contributed by atoms with van der Waals surface area (Å²) in [4.78, 5) is 19.9. The molecule has 8 heteroatoms. The molecule has 7 nitrogen and oxygen atoms in total. The second-order valence-electron chi connectivity index (χ2n) is 4.80. The van der Waals surface area contributed by atoms with Crippen LogP contribution in [0.5, 0.6) is 0 Å². The first-order chi connectivity index (χ1) is 10.3. The molecule has 0 aliphatic rings. The Bertz CT molecular complexity index is 798. The second kappa shape index (κ2) is 6.10. The van der Waals surface area contributed by atoms with E-state index in [4.69, 9.17) is 0 Å². The maximum absolute atomic E-state index is 12.2. The number of anilines is 1. The lowest BCUT2D eigenvalue weighted by Gasteiger charge is -2.10. The molecule has 22 heavy (non-hydrogen) atoms. The van der Waals surface area contributed by atoms with E-state index in [0.717, 1.165) is 0 Å². The Morgan fingerprint density at radius 1 is 1.05 bits per heavy atom. The van der Waals surface area contributed by atoms with Gasteiger partial charge in [0.15, 0.2) is 0 Å². The van der Waals surface area contributed by atoms with E-state index in [1.165, 1.54) is 6.07 Å². The van der Waals surface area contributed by atoms with Gasteiger partial charge in [0.1, 0.15) is 0 Å². The number of hydrogen-bond acceptors (Lipinski definition) is 5. The van der Waals surface area contributed by atoms with E-state index < -0.39 is 16.1 Å². The molecule has 1 aromatic carbocycles. The van der Waals surface area contributed by atoms with Gasteiger partial charge in [-0.3, -0.25) is 5.32 Å². The molecule has 2 N–H and O–H groups in total. The zero-order valence-electron chi connectivity index (χ0n) is 12.4. The monoisotopic (exact) mass is 320 g/mol. The summed E-state index contributed by atoms with van der Waals surface area (Å²) in [5, 5.41) is 2.32. The maximum Gasteiger partial charge on any atom is 0.335 e. The lowest BCUT2D eigenvalue weighted by atomic mass is 10.2. The zero-order valence-corrected chi connectivity index (χ0v) is 13.2. The number of carbonyl (C=O) groups excluding carboxylic acids is 1. The number of urea groups is 1. The summed E-state index contributed by atoms with van der Waals surface area (Å²) in [6, 6.07) is 7.23. The molecule has 1 heterocycles. The van der Waals surface area contributed by atoms with Gasteiger partial charge in [-0.1, -0.05) is 18.2 Å². The van der Waals surface area contributed by atoms with Crippen molar-refractivity contribution >= 4 is 22.0 Å². The molecule has 0 radical (unpaired) electrons. The van der Waals surface area contributed by atoms with E-state index in [-0.39, 0.29) is 10.8 Å². The summed E-state index contributed by atoms with van der Waals surface area (Å²) >= 11 is 0. The lowest BCUT2D eigenvalue weighted by Crippen LogP contribution is -2.35. The number of benzene rings is 1. The van der Waals surface area contributed by atoms with E-state index in [1.54, 1.807) is 45.0 Å². The lowest BCUT2D eigenvalue weighted by molar-refractivity contribution is 0.256. The topological polar surface area (TPSA) is 101 Å². The number of carbonyl (C=O) groups is 1. The Labute approximate surface area is 128 Å². The minimum absolute atomic E-state index is 0.0477. The number of sulfonamides is 1. The number of rotatable bonds is 3. The van der Waals surface area contributed by atoms with Crippen molar-refractivity contribution in [1.29, 1.82) is 0 Å². The van der Waals surface area contributed by atoms with Crippen molar-refractivity contribution in [2.75, 3.05) is 5.32 Å². The molecular formula is C14H16N4O3S. The summed E-state index contributed by atoms with van der Waals surface area (Å²) in [6.45, 7) is 5.16. The van der Waals surface area contributed by atoms with E-state index in [0.29, 0.717) is 17.0 Å². The van der Waals surface area contributed by atoms with Crippen LogP contribution in [0, 0.1) is 20.8 Å². The summed E-state index contributed by atoms with van der Waals surface area (Å²) < 4.78 is 26.3. The molecule has 1 aromatic heterocycles. The molecule has 2 aromatic rings. The Balaban J connectivity index is 2.16. The van der Waals surface area contributed by atoms with Crippen LogP contribution in [0.3, 0.4) is 0 Å². The molecule has 116 valence electrons. The average Bonchev–Trinajstić information content (AvgIpc) is 2.36. The van der Waals surface area contributed by atoms with Crippen molar-refractivity contribution in [2.45, 2.75) is 25.7 Å². The molecule has 0 bridgehead atoms. The molecule has 0 saturated heterocycles. The van der Waals surface area contributed by atoms with Gasteiger partial charge >= 0.3 is 6.03 Å². The molecule has 0 atom stereocenters. The van der Waals surface area contributed by atoms with Crippen LogP contribution in [0.4, 0.5) is 10.7 Å². The van der Waals surface area contributed by atoms with E-state index in [2.05, 4.69) is 15.3 Å². The van der Waals surface area contributed by atoms with Gasteiger partial charge < -0.3 is 0 Å². The van der Waals surface area contributed by atoms with Crippen molar-refractivity contribution in [1.82, 2.24) is 14.7 Å². The van der Waals surface area contributed by atoms with E-state index >= 15 is 0 Å². The third kappa shape index (κ3) is 3.79. The second-order valence-corrected chi connectivity index (χ2v) is 6.45. The highest BCUT2D eigenvalue weighted by molar-refractivity contribution is 7.90. The predicted molar refractivity (Wildman–Crippen MR) is 82.0 cm³/mol. The highest BCUT2D eigenvalue weighted by Crippen LogP contribution is 2.13. The minimum atomic E-state index is -3.95. The van der Waals surface area contributed by atoms with Gasteiger partial charge in [-0.05, 0) is 38.5 Å². The largest absolute Gasteiger partial charge is 0.335 e. The molecule has 0 aliphatic heterocycles. The van der Waals surface area contributed by atoms with E-state index in [9.17, 15) is 13.2 Å². The third-order valence-electron chi connectivity index (χ3n) is 2.82. The van der Waals surface area contributed by atoms with Crippen molar-refractivity contribution < 1.29 is 13.2 Å². The van der Waals surface area contributed by atoms with Gasteiger partial charge in [-0.25, -0.2) is 27.9 Å². The molecule has 0 fully saturated rings. The van der Waals surface area contributed by atoms with Crippen molar-refractivity contribution in [3.63, 3.8) is 0 Å². The highest BCUT2D eigenvalue weighted by Gasteiger charge is 2.19. The van der Waals surface area contributed by atoms with E-state index in [1.807, 2.05) is 4.72 Å². The van der Waals surface area contributed by atoms with Crippen molar-refractivity contribution in [3.05, 3.63) is 47.3 Å². The quantitative estimate of drug-likeness (QED) is 0.899. The first-order valence-electron chi connectivity index (χ1n) is 6.49. The van der Waals surface area contributed by atoms with Crippen LogP contribution in [0.2, 0.25) is 0 Å². The van der Waals surface area contributed by atoms with Gasteiger partial charge in [0.25, 0.3) is 10.0 Å². The normalized spacial score (nSPS) is 11.0. The molecule has 0 unspecified atom stereocenters. The molecule has 0 aliphatic carbocycles. The van der Waals surface area contributed by atoms with Gasteiger partial charge in [0.2, 0.25) is 5.95 Å². The average molecular weight is 320 g/mol. The minimum Gasteiger partial charge on any atom is -0.275 e. The summed E-state index contributed by atoms with van der Waals surface area (Å²) in [5.41, 5.74) is 1.89. The van der Waals surface area contributed by atoms with Crippen LogP contribution >= 0.6 is 0 Å². The number of nitrogens with one attached hydrogen (secondary N) is 2.